The topological polar surface area (TPSA) is 35.2 Å². The molecule has 0 radical (unpaired) electrons. The molecular formula is C15H21Cl2NO. The Kier molecular flexibility index (Phi) is 5.37. The van der Waals surface area contributed by atoms with Gasteiger partial charge >= 0.3 is 0 Å². The van der Waals surface area contributed by atoms with Crippen LogP contribution in [0.2, 0.25) is 10.0 Å². The highest BCUT2D eigenvalue weighted by atomic mass is 35.5. The number of nitrogens with two attached hydrogens (primary N) is 1. The maximum absolute atomic E-state index is 6.24. The van der Waals surface area contributed by atoms with Crippen LogP contribution < -0.4 is 10.5 Å². The first-order chi connectivity index (χ1) is 9.13. The highest BCUT2D eigenvalue weighted by Gasteiger charge is 2.23. The van der Waals surface area contributed by atoms with Crippen LogP contribution in [0.15, 0.2) is 12.1 Å². The van der Waals surface area contributed by atoms with E-state index in [1.165, 1.54) is 19.3 Å². The maximum Gasteiger partial charge on any atom is 0.142 e. The van der Waals surface area contributed by atoms with Gasteiger partial charge in [-0.25, -0.2) is 0 Å². The Labute approximate surface area is 125 Å². The molecule has 0 spiro atoms. The first kappa shape index (κ1) is 15.0. The summed E-state index contributed by atoms with van der Waals surface area (Å²) in [7, 11) is 0. The second-order valence-corrected chi connectivity index (χ2v) is 6.10. The SMILES string of the molecule is CCC1CCCC(Oc2c(Cl)cc(Cl)cc2CN)C1. The molecule has 1 aromatic carbocycles. The van der Waals surface area contributed by atoms with Crippen LogP contribution in [0.1, 0.15) is 44.6 Å². The molecule has 0 heterocycles. The van der Waals surface area contributed by atoms with Crippen LogP contribution in [-0.2, 0) is 6.54 Å². The molecule has 0 bridgehead atoms. The second-order valence-electron chi connectivity index (χ2n) is 5.26. The van der Waals surface area contributed by atoms with Gasteiger partial charge in [0.1, 0.15) is 5.75 Å². The van der Waals surface area contributed by atoms with Crippen molar-refractivity contribution in [3.8, 4) is 5.75 Å². The van der Waals surface area contributed by atoms with Crippen molar-refractivity contribution < 1.29 is 4.74 Å². The first-order valence-electron chi connectivity index (χ1n) is 6.98. The third kappa shape index (κ3) is 3.77. The fourth-order valence-corrected chi connectivity index (χ4v) is 3.36. The van der Waals surface area contributed by atoms with Crippen LogP contribution in [0.25, 0.3) is 0 Å². The van der Waals surface area contributed by atoms with Gasteiger partial charge in [-0.15, -0.1) is 0 Å². The van der Waals surface area contributed by atoms with Crippen molar-refractivity contribution in [1.82, 2.24) is 0 Å². The molecule has 1 aromatic rings. The van der Waals surface area contributed by atoms with Gasteiger partial charge in [-0.05, 0) is 37.3 Å². The summed E-state index contributed by atoms with van der Waals surface area (Å²) in [5.41, 5.74) is 6.64. The van der Waals surface area contributed by atoms with Gasteiger partial charge in [0.2, 0.25) is 0 Å². The molecule has 1 saturated carbocycles. The summed E-state index contributed by atoms with van der Waals surface area (Å²) >= 11 is 12.2. The first-order valence-corrected chi connectivity index (χ1v) is 7.74. The molecule has 2 N–H and O–H groups in total. The zero-order valence-electron chi connectivity index (χ0n) is 11.3. The van der Waals surface area contributed by atoms with Gasteiger partial charge in [0.15, 0.2) is 0 Å². The van der Waals surface area contributed by atoms with Crippen molar-refractivity contribution in [1.29, 1.82) is 0 Å². The Balaban J connectivity index is 2.14. The number of benzene rings is 1. The van der Waals surface area contributed by atoms with Crippen molar-refractivity contribution in [2.24, 2.45) is 11.7 Å². The van der Waals surface area contributed by atoms with E-state index in [0.29, 0.717) is 16.6 Å². The van der Waals surface area contributed by atoms with Gasteiger partial charge in [0.05, 0.1) is 11.1 Å². The average Bonchev–Trinajstić information content (AvgIpc) is 2.41. The van der Waals surface area contributed by atoms with E-state index in [-0.39, 0.29) is 6.10 Å². The third-order valence-corrected chi connectivity index (χ3v) is 4.40. The molecule has 19 heavy (non-hydrogen) atoms. The van der Waals surface area contributed by atoms with E-state index in [2.05, 4.69) is 6.92 Å². The molecule has 1 fully saturated rings. The maximum atomic E-state index is 6.24. The van der Waals surface area contributed by atoms with Gasteiger partial charge in [0.25, 0.3) is 0 Å². The largest absolute Gasteiger partial charge is 0.489 e. The van der Waals surface area contributed by atoms with E-state index in [0.717, 1.165) is 30.1 Å². The summed E-state index contributed by atoms with van der Waals surface area (Å²) < 4.78 is 6.12. The lowest BCUT2D eigenvalue weighted by atomic mass is 9.85. The summed E-state index contributed by atoms with van der Waals surface area (Å²) in [6, 6.07) is 3.56. The Morgan fingerprint density at radius 2 is 2.11 bits per heavy atom. The molecule has 2 unspecified atom stereocenters. The highest BCUT2D eigenvalue weighted by Crippen LogP contribution is 2.36. The predicted molar refractivity (Wildman–Crippen MR) is 81.0 cm³/mol. The molecule has 4 heteroatoms. The fraction of sp³-hybridized carbons (Fsp3) is 0.600. The lowest BCUT2D eigenvalue weighted by Crippen LogP contribution is -2.25. The molecule has 106 valence electrons. The molecular weight excluding hydrogens is 281 g/mol. The molecule has 1 aliphatic rings. The van der Waals surface area contributed by atoms with E-state index in [9.17, 15) is 0 Å². The van der Waals surface area contributed by atoms with Gasteiger partial charge in [-0.3, -0.25) is 0 Å². The van der Waals surface area contributed by atoms with Crippen molar-refractivity contribution in [3.05, 3.63) is 27.7 Å². The molecule has 0 aromatic heterocycles. The zero-order chi connectivity index (χ0) is 13.8. The quantitative estimate of drug-likeness (QED) is 0.867. The average molecular weight is 302 g/mol. The summed E-state index contributed by atoms with van der Waals surface area (Å²) in [5, 5.41) is 1.17. The van der Waals surface area contributed by atoms with Crippen LogP contribution in [0.5, 0.6) is 5.75 Å². The molecule has 0 aliphatic heterocycles. The molecule has 0 amide bonds. The number of hydrogen-bond acceptors (Lipinski definition) is 2. The Morgan fingerprint density at radius 1 is 1.32 bits per heavy atom. The van der Waals surface area contributed by atoms with Crippen LogP contribution >= 0.6 is 23.2 Å². The Hall–Kier alpha value is -0.440. The summed E-state index contributed by atoms with van der Waals surface area (Å²) in [6.07, 6.45) is 6.22. The molecule has 0 saturated heterocycles. The highest BCUT2D eigenvalue weighted by molar-refractivity contribution is 6.35. The van der Waals surface area contributed by atoms with Crippen LogP contribution in [0, 0.1) is 5.92 Å². The van der Waals surface area contributed by atoms with Crippen molar-refractivity contribution in [2.45, 2.75) is 51.7 Å². The number of rotatable bonds is 4. The third-order valence-electron chi connectivity index (χ3n) is 3.90. The minimum Gasteiger partial charge on any atom is -0.489 e. The second kappa shape index (κ2) is 6.83. The molecule has 2 atom stereocenters. The van der Waals surface area contributed by atoms with E-state index in [1.807, 2.05) is 6.07 Å². The Morgan fingerprint density at radius 3 is 2.79 bits per heavy atom. The zero-order valence-corrected chi connectivity index (χ0v) is 12.8. The molecule has 1 aliphatic carbocycles. The lowest BCUT2D eigenvalue weighted by molar-refractivity contribution is 0.121. The lowest BCUT2D eigenvalue weighted by Gasteiger charge is -2.30. The van der Waals surface area contributed by atoms with E-state index < -0.39 is 0 Å². The van der Waals surface area contributed by atoms with Gasteiger partial charge in [-0.2, -0.15) is 0 Å². The van der Waals surface area contributed by atoms with Gasteiger partial charge < -0.3 is 10.5 Å². The number of ether oxygens (including phenoxy) is 1. The van der Waals surface area contributed by atoms with E-state index in [4.69, 9.17) is 33.7 Å². The summed E-state index contributed by atoms with van der Waals surface area (Å²) in [4.78, 5) is 0. The molecule has 2 nitrogen and oxygen atoms in total. The van der Waals surface area contributed by atoms with Crippen LogP contribution in [-0.4, -0.2) is 6.10 Å². The summed E-state index contributed by atoms with van der Waals surface area (Å²) in [6.45, 7) is 2.63. The number of hydrogen-bond donors (Lipinski definition) is 1. The van der Waals surface area contributed by atoms with E-state index in [1.54, 1.807) is 6.07 Å². The Bertz CT molecular complexity index is 436. The van der Waals surface area contributed by atoms with Gasteiger partial charge in [-0.1, -0.05) is 43.0 Å². The van der Waals surface area contributed by atoms with Crippen LogP contribution in [0.4, 0.5) is 0 Å². The number of halogens is 2. The molecule has 2 rings (SSSR count). The monoisotopic (exact) mass is 301 g/mol. The fourth-order valence-electron chi connectivity index (χ4n) is 2.78. The van der Waals surface area contributed by atoms with Crippen molar-refractivity contribution in [2.75, 3.05) is 0 Å². The van der Waals surface area contributed by atoms with Crippen molar-refractivity contribution in [3.63, 3.8) is 0 Å². The van der Waals surface area contributed by atoms with Crippen molar-refractivity contribution >= 4 is 23.2 Å². The normalized spacial score (nSPS) is 23.4. The smallest absolute Gasteiger partial charge is 0.142 e. The van der Waals surface area contributed by atoms with Crippen LogP contribution in [0.3, 0.4) is 0 Å². The van der Waals surface area contributed by atoms with E-state index >= 15 is 0 Å². The standard InChI is InChI=1S/C15H21Cl2NO/c1-2-10-4-3-5-13(6-10)19-15-11(9-18)7-12(16)8-14(15)17/h7-8,10,13H,2-6,9,18H2,1H3. The predicted octanol–water partition coefficient (Wildman–Crippen LogP) is 4.80. The summed E-state index contributed by atoms with van der Waals surface area (Å²) in [5.74, 6) is 1.49. The van der Waals surface area contributed by atoms with Gasteiger partial charge in [0, 0.05) is 17.1 Å². The minimum atomic E-state index is 0.252. The minimum absolute atomic E-state index is 0.252.